The van der Waals surface area contributed by atoms with E-state index in [0.29, 0.717) is 0 Å². The summed E-state index contributed by atoms with van der Waals surface area (Å²) in [7, 11) is 2.59. The van der Waals surface area contributed by atoms with E-state index in [1.807, 2.05) is 0 Å². The number of nitrogens with zero attached hydrogens (tertiary/aromatic N) is 4. The minimum atomic E-state index is -0.961. The summed E-state index contributed by atoms with van der Waals surface area (Å²) in [6, 6.07) is 0. The zero-order valence-corrected chi connectivity index (χ0v) is 14.4. The molecule has 0 amide bonds. The van der Waals surface area contributed by atoms with E-state index in [9.17, 15) is 9.59 Å². The highest BCUT2D eigenvalue weighted by Gasteiger charge is 2.21. The highest BCUT2D eigenvalue weighted by Crippen LogP contribution is 2.31. The van der Waals surface area contributed by atoms with Gasteiger partial charge in [-0.25, -0.2) is 9.97 Å². The number of halogens is 2. The van der Waals surface area contributed by atoms with Crippen LogP contribution in [0.3, 0.4) is 0 Å². The first-order valence-corrected chi connectivity index (χ1v) is 7.22. The predicted molar refractivity (Wildman–Crippen MR) is 83.1 cm³/mol. The molecule has 0 atom stereocenters. The molecule has 0 unspecified atom stereocenters. The van der Waals surface area contributed by atoms with Crippen molar-refractivity contribution in [3.63, 3.8) is 0 Å². The largest absolute Gasteiger partial charge is 0.489 e. The quantitative estimate of drug-likeness (QED) is 0.408. The minimum absolute atomic E-state index is 0.0462. The molecule has 0 saturated heterocycles. The molecule has 0 aliphatic heterocycles. The molecule has 0 bridgehead atoms. The van der Waals surface area contributed by atoms with E-state index >= 15 is 0 Å². The average Bonchev–Trinajstić information content (AvgIpc) is 2.55. The van der Waals surface area contributed by atoms with E-state index in [1.165, 1.54) is 14.2 Å². The molecule has 0 saturated carbocycles. The first-order chi connectivity index (χ1) is 12.0. The summed E-state index contributed by atoms with van der Waals surface area (Å²) in [4.78, 5) is 38.4. The van der Waals surface area contributed by atoms with Crippen molar-refractivity contribution in [3.05, 3.63) is 23.0 Å². The second kappa shape index (κ2) is 8.40. The van der Waals surface area contributed by atoms with Gasteiger partial charge in [0, 0.05) is 0 Å². The molecule has 0 aliphatic rings. The molecule has 0 spiro atoms. The van der Waals surface area contributed by atoms with E-state index in [0.717, 1.165) is 12.7 Å². The summed E-state index contributed by atoms with van der Waals surface area (Å²) >= 11 is 11.5. The van der Waals surface area contributed by atoms with Gasteiger partial charge in [0.05, 0.1) is 14.2 Å². The van der Waals surface area contributed by atoms with Crippen LogP contribution in [0.1, 0.15) is 6.42 Å². The van der Waals surface area contributed by atoms with Crippen molar-refractivity contribution in [1.29, 1.82) is 0 Å². The van der Waals surface area contributed by atoms with Crippen molar-refractivity contribution in [3.8, 4) is 23.3 Å². The molecule has 2 rings (SSSR count). The number of esters is 2. The second-order valence-corrected chi connectivity index (χ2v) is 4.85. The summed E-state index contributed by atoms with van der Waals surface area (Å²) in [5, 5.41) is -0.105. The first-order valence-electron chi connectivity index (χ1n) is 6.46. The Hall–Kier alpha value is -2.72. The van der Waals surface area contributed by atoms with Crippen LogP contribution in [0.2, 0.25) is 10.3 Å². The van der Waals surface area contributed by atoms with Gasteiger partial charge in [-0.2, -0.15) is 9.97 Å². The zero-order chi connectivity index (χ0) is 18.4. The normalized spacial score (nSPS) is 10.1. The fraction of sp³-hybridized carbons (Fsp3) is 0.231. The minimum Gasteiger partial charge on any atom is -0.489 e. The fourth-order valence-electron chi connectivity index (χ4n) is 1.57. The summed E-state index contributed by atoms with van der Waals surface area (Å²) in [6.07, 6.45) is 1.40. The maximum atomic E-state index is 11.8. The van der Waals surface area contributed by atoms with Crippen LogP contribution in [0.4, 0.5) is 0 Å². The molecule has 12 heteroatoms. The zero-order valence-electron chi connectivity index (χ0n) is 12.9. The van der Waals surface area contributed by atoms with Crippen molar-refractivity contribution in [2.24, 2.45) is 0 Å². The van der Waals surface area contributed by atoms with Crippen molar-refractivity contribution >= 4 is 35.1 Å². The summed E-state index contributed by atoms with van der Waals surface area (Å²) < 4.78 is 19.7. The van der Waals surface area contributed by atoms with Crippen LogP contribution in [0.15, 0.2) is 12.7 Å². The number of carbonyl (C=O) groups excluding carboxylic acids is 2. The molecule has 0 fully saturated rings. The number of rotatable bonds is 6. The summed E-state index contributed by atoms with van der Waals surface area (Å²) in [6.45, 7) is 0. The smallest absolute Gasteiger partial charge is 0.324 e. The lowest BCUT2D eigenvalue weighted by atomic mass is 10.4. The van der Waals surface area contributed by atoms with Crippen molar-refractivity contribution < 1.29 is 28.5 Å². The third kappa shape index (κ3) is 4.64. The lowest BCUT2D eigenvalue weighted by molar-refractivity contribution is -0.144. The molecule has 0 radical (unpaired) electrons. The van der Waals surface area contributed by atoms with Gasteiger partial charge in [-0.15, -0.1) is 0 Å². The molecular weight excluding hydrogens is 379 g/mol. The first kappa shape index (κ1) is 18.6. The van der Waals surface area contributed by atoms with E-state index in [-0.39, 0.29) is 33.6 Å². The van der Waals surface area contributed by atoms with Gasteiger partial charge in [0.1, 0.15) is 19.1 Å². The highest BCUT2D eigenvalue weighted by atomic mass is 35.5. The molecule has 2 heterocycles. The molecule has 0 aromatic carbocycles. The predicted octanol–water partition coefficient (Wildman–Crippen LogP) is 1.49. The van der Waals surface area contributed by atoms with Crippen LogP contribution in [-0.2, 0) is 9.59 Å². The van der Waals surface area contributed by atoms with Crippen LogP contribution >= 0.6 is 23.2 Å². The number of hydrogen-bond acceptors (Lipinski definition) is 10. The number of ether oxygens (including phenoxy) is 4. The lowest BCUT2D eigenvalue weighted by Gasteiger charge is -2.09. The van der Waals surface area contributed by atoms with Crippen molar-refractivity contribution in [2.45, 2.75) is 6.42 Å². The van der Waals surface area contributed by atoms with Crippen LogP contribution in [0.25, 0.3) is 0 Å². The molecule has 10 nitrogen and oxygen atoms in total. The molecule has 132 valence electrons. The van der Waals surface area contributed by atoms with Crippen LogP contribution in [0.5, 0.6) is 23.3 Å². The molecule has 25 heavy (non-hydrogen) atoms. The van der Waals surface area contributed by atoms with Crippen LogP contribution < -0.4 is 18.9 Å². The summed E-state index contributed by atoms with van der Waals surface area (Å²) in [5.41, 5.74) is 0. The van der Waals surface area contributed by atoms with Gasteiger partial charge < -0.3 is 18.9 Å². The Bertz CT molecular complexity index is 739. The monoisotopic (exact) mass is 388 g/mol. The van der Waals surface area contributed by atoms with Gasteiger partial charge in [-0.05, 0) is 0 Å². The standard InChI is InChI=1S/C13H10Cl2N4O6/c1-22-8-10(14)16-4-18-12(8)24-6(20)3-7(21)25-13-9(23-2)11(15)17-5-19-13/h4-5H,3H2,1-2H3. The van der Waals surface area contributed by atoms with Gasteiger partial charge in [-0.1, -0.05) is 23.2 Å². The van der Waals surface area contributed by atoms with Gasteiger partial charge in [-0.3, -0.25) is 9.59 Å². The number of hydrogen-bond donors (Lipinski definition) is 0. The molecule has 0 aliphatic carbocycles. The Kier molecular flexibility index (Phi) is 6.25. The van der Waals surface area contributed by atoms with Crippen molar-refractivity contribution in [2.75, 3.05) is 14.2 Å². The Morgan fingerprint density at radius 1 is 0.840 bits per heavy atom. The van der Waals surface area contributed by atoms with Crippen LogP contribution in [0, 0.1) is 0 Å². The molecule has 2 aromatic heterocycles. The average molecular weight is 389 g/mol. The number of aromatic nitrogens is 4. The lowest BCUT2D eigenvalue weighted by Crippen LogP contribution is -2.19. The van der Waals surface area contributed by atoms with Gasteiger partial charge in [0.15, 0.2) is 10.3 Å². The number of methoxy groups -OCH3 is 2. The second-order valence-electron chi connectivity index (χ2n) is 4.13. The third-order valence-electron chi connectivity index (χ3n) is 2.57. The molecular formula is C13H10Cl2N4O6. The van der Waals surface area contributed by atoms with E-state index in [4.69, 9.17) is 42.1 Å². The molecule has 2 aromatic rings. The van der Waals surface area contributed by atoms with Gasteiger partial charge >= 0.3 is 11.9 Å². The van der Waals surface area contributed by atoms with Gasteiger partial charge in [0.2, 0.25) is 11.5 Å². The topological polar surface area (TPSA) is 123 Å². The third-order valence-corrected chi connectivity index (χ3v) is 3.11. The Balaban J connectivity index is 2.03. The Morgan fingerprint density at radius 2 is 1.24 bits per heavy atom. The fourth-order valence-corrected chi connectivity index (χ4v) is 1.97. The van der Waals surface area contributed by atoms with E-state index in [2.05, 4.69) is 19.9 Å². The molecule has 0 N–H and O–H groups in total. The van der Waals surface area contributed by atoms with Crippen molar-refractivity contribution in [1.82, 2.24) is 19.9 Å². The maximum Gasteiger partial charge on any atom is 0.324 e. The Labute approximate surface area is 151 Å². The maximum absolute atomic E-state index is 11.8. The number of carbonyl (C=O) groups is 2. The Morgan fingerprint density at radius 3 is 1.60 bits per heavy atom. The summed E-state index contributed by atoms with van der Waals surface area (Å²) in [5.74, 6) is -2.48. The highest BCUT2D eigenvalue weighted by molar-refractivity contribution is 6.31. The van der Waals surface area contributed by atoms with E-state index in [1.54, 1.807) is 0 Å². The van der Waals surface area contributed by atoms with E-state index < -0.39 is 18.4 Å². The van der Waals surface area contributed by atoms with Gasteiger partial charge in [0.25, 0.3) is 11.8 Å². The SMILES string of the molecule is COc1c(Cl)ncnc1OC(=O)CC(=O)Oc1ncnc(Cl)c1OC. The van der Waals surface area contributed by atoms with Crippen LogP contribution in [-0.4, -0.2) is 46.1 Å².